The smallest absolute Gasteiger partial charge is 0.258 e. The molecule has 1 rings (SSSR count). The molecular weight excluding hydrogens is 255 g/mol. The SMILES string of the molecule is O=[N+]([O-])c1cc(S)c(C(F)(F)F)cc1Cl. The number of rotatable bonds is 1. The predicted octanol–water partition coefficient (Wildman–Crippen LogP) is 3.56. The standard InChI is InChI=1S/C7H3ClF3NO2S/c8-4-1-3(7(9,10)11)6(15)2-5(4)12(13)14/h1-2,15H. The van der Waals surface area contributed by atoms with E-state index in [0.29, 0.717) is 12.1 Å². The van der Waals surface area contributed by atoms with E-state index in [-0.39, 0.29) is 0 Å². The number of nitrogens with zero attached hydrogens (tertiary/aromatic N) is 1. The molecule has 1 aromatic rings. The van der Waals surface area contributed by atoms with Gasteiger partial charge in [-0.2, -0.15) is 13.2 Å². The first-order valence-corrected chi connectivity index (χ1v) is 4.30. The van der Waals surface area contributed by atoms with Crippen molar-refractivity contribution in [1.82, 2.24) is 0 Å². The molecule has 0 aliphatic heterocycles. The van der Waals surface area contributed by atoms with E-state index in [1.165, 1.54) is 0 Å². The van der Waals surface area contributed by atoms with Gasteiger partial charge in [0.1, 0.15) is 5.02 Å². The Hall–Kier alpha value is -0.950. The van der Waals surface area contributed by atoms with Crippen molar-refractivity contribution in [3.05, 3.63) is 32.8 Å². The van der Waals surface area contributed by atoms with Crippen molar-refractivity contribution in [2.24, 2.45) is 0 Å². The Bertz CT molecular complexity index is 421. The maximum atomic E-state index is 12.3. The van der Waals surface area contributed by atoms with Gasteiger partial charge in [0.2, 0.25) is 0 Å². The normalized spacial score (nSPS) is 11.5. The third kappa shape index (κ3) is 2.54. The third-order valence-electron chi connectivity index (χ3n) is 1.57. The van der Waals surface area contributed by atoms with E-state index in [0.717, 1.165) is 0 Å². The van der Waals surface area contributed by atoms with Gasteiger partial charge in [0.25, 0.3) is 5.69 Å². The van der Waals surface area contributed by atoms with Crippen molar-refractivity contribution in [3.63, 3.8) is 0 Å². The first-order chi connectivity index (χ1) is 6.73. The van der Waals surface area contributed by atoms with Crippen LogP contribution in [0.4, 0.5) is 18.9 Å². The van der Waals surface area contributed by atoms with Crippen LogP contribution in [-0.2, 0) is 6.18 Å². The van der Waals surface area contributed by atoms with Gasteiger partial charge in [-0.3, -0.25) is 10.1 Å². The second-order valence-electron chi connectivity index (χ2n) is 2.58. The highest BCUT2D eigenvalue weighted by molar-refractivity contribution is 7.80. The lowest BCUT2D eigenvalue weighted by Crippen LogP contribution is -2.06. The van der Waals surface area contributed by atoms with Gasteiger partial charge in [0.05, 0.1) is 10.5 Å². The molecule has 0 saturated carbocycles. The van der Waals surface area contributed by atoms with Gasteiger partial charge in [0.15, 0.2) is 0 Å². The van der Waals surface area contributed by atoms with Crippen LogP contribution in [-0.4, -0.2) is 4.92 Å². The second kappa shape index (κ2) is 3.90. The Labute approximate surface area is 92.4 Å². The van der Waals surface area contributed by atoms with E-state index in [1.54, 1.807) is 0 Å². The molecule has 15 heavy (non-hydrogen) atoms. The zero-order chi connectivity index (χ0) is 11.8. The molecule has 0 aliphatic rings. The topological polar surface area (TPSA) is 43.1 Å². The Morgan fingerprint density at radius 3 is 2.33 bits per heavy atom. The Morgan fingerprint density at radius 1 is 1.40 bits per heavy atom. The molecule has 0 spiro atoms. The van der Waals surface area contributed by atoms with Crippen LogP contribution in [0.5, 0.6) is 0 Å². The highest BCUT2D eigenvalue weighted by Crippen LogP contribution is 2.38. The van der Waals surface area contributed by atoms with Gasteiger partial charge < -0.3 is 0 Å². The minimum Gasteiger partial charge on any atom is -0.258 e. The number of benzene rings is 1. The average molecular weight is 258 g/mol. The van der Waals surface area contributed by atoms with Gasteiger partial charge in [-0.05, 0) is 6.07 Å². The summed E-state index contributed by atoms with van der Waals surface area (Å²) < 4.78 is 36.9. The first kappa shape index (κ1) is 12.1. The van der Waals surface area contributed by atoms with E-state index in [4.69, 9.17) is 11.6 Å². The molecule has 0 heterocycles. The summed E-state index contributed by atoms with van der Waals surface area (Å²) in [5.41, 5.74) is -1.70. The number of hydrogen-bond acceptors (Lipinski definition) is 3. The van der Waals surface area contributed by atoms with Crippen molar-refractivity contribution in [1.29, 1.82) is 0 Å². The molecule has 0 radical (unpaired) electrons. The minimum atomic E-state index is -4.63. The summed E-state index contributed by atoms with van der Waals surface area (Å²) in [5.74, 6) is 0. The highest BCUT2D eigenvalue weighted by atomic mass is 35.5. The van der Waals surface area contributed by atoms with Crippen molar-refractivity contribution in [3.8, 4) is 0 Å². The fraction of sp³-hybridized carbons (Fsp3) is 0.143. The van der Waals surface area contributed by atoms with E-state index in [9.17, 15) is 23.3 Å². The molecular formula is C7H3ClF3NO2S. The quantitative estimate of drug-likeness (QED) is 0.475. The summed E-state index contributed by atoms with van der Waals surface area (Å²) in [4.78, 5) is 8.94. The van der Waals surface area contributed by atoms with Crippen LogP contribution < -0.4 is 0 Å². The molecule has 1 aromatic carbocycles. The summed E-state index contributed by atoms with van der Waals surface area (Å²) in [7, 11) is 0. The molecule has 82 valence electrons. The van der Waals surface area contributed by atoms with Crippen LogP contribution in [0.25, 0.3) is 0 Å². The minimum absolute atomic E-state index is 0.488. The highest BCUT2D eigenvalue weighted by Gasteiger charge is 2.34. The van der Waals surface area contributed by atoms with Gasteiger partial charge in [0, 0.05) is 11.0 Å². The van der Waals surface area contributed by atoms with Crippen molar-refractivity contribution < 1.29 is 18.1 Å². The maximum Gasteiger partial charge on any atom is 0.417 e. The number of nitro groups is 1. The van der Waals surface area contributed by atoms with E-state index < -0.39 is 32.3 Å². The lowest BCUT2D eigenvalue weighted by atomic mass is 10.2. The van der Waals surface area contributed by atoms with Gasteiger partial charge in [-0.15, -0.1) is 12.6 Å². The molecule has 0 amide bonds. The zero-order valence-corrected chi connectivity index (χ0v) is 8.53. The number of hydrogen-bond donors (Lipinski definition) is 1. The fourth-order valence-electron chi connectivity index (χ4n) is 0.918. The van der Waals surface area contributed by atoms with Crippen LogP contribution in [0.15, 0.2) is 17.0 Å². The Kier molecular flexibility index (Phi) is 3.15. The van der Waals surface area contributed by atoms with Gasteiger partial charge >= 0.3 is 6.18 Å². The van der Waals surface area contributed by atoms with E-state index in [1.807, 2.05) is 0 Å². The van der Waals surface area contributed by atoms with Crippen LogP contribution in [0.3, 0.4) is 0 Å². The molecule has 0 aliphatic carbocycles. The van der Waals surface area contributed by atoms with Crippen LogP contribution in [0, 0.1) is 10.1 Å². The molecule has 0 atom stereocenters. The average Bonchev–Trinajstić information content (AvgIpc) is 2.06. The number of halogens is 4. The molecule has 0 bridgehead atoms. The summed E-state index contributed by atoms with van der Waals surface area (Å²) in [6, 6.07) is 1.16. The monoisotopic (exact) mass is 257 g/mol. The van der Waals surface area contributed by atoms with E-state index in [2.05, 4.69) is 12.6 Å². The fourth-order valence-corrected chi connectivity index (χ4v) is 1.46. The molecule has 0 fully saturated rings. The molecule has 3 nitrogen and oxygen atoms in total. The zero-order valence-electron chi connectivity index (χ0n) is 6.88. The predicted molar refractivity (Wildman–Crippen MR) is 50.4 cm³/mol. The Balaban J connectivity index is 3.39. The molecule has 0 N–H and O–H groups in total. The number of nitro benzene ring substituents is 1. The third-order valence-corrected chi connectivity index (χ3v) is 2.24. The second-order valence-corrected chi connectivity index (χ2v) is 3.46. The molecule has 0 aromatic heterocycles. The number of alkyl halides is 3. The van der Waals surface area contributed by atoms with Crippen molar-refractivity contribution >= 4 is 29.9 Å². The van der Waals surface area contributed by atoms with Crippen LogP contribution in [0.1, 0.15) is 5.56 Å². The van der Waals surface area contributed by atoms with Crippen LogP contribution >= 0.6 is 24.2 Å². The van der Waals surface area contributed by atoms with Crippen molar-refractivity contribution in [2.45, 2.75) is 11.1 Å². The molecule has 0 unspecified atom stereocenters. The largest absolute Gasteiger partial charge is 0.417 e. The summed E-state index contributed by atoms with van der Waals surface area (Å²) in [5, 5.41) is 9.78. The maximum absolute atomic E-state index is 12.3. The molecule has 8 heteroatoms. The summed E-state index contributed by atoms with van der Waals surface area (Å²) >= 11 is 8.85. The first-order valence-electron chi connectivity index (χ1n) is 3.47. The van der Waals surface area contributed by atoms with Crippen LogP contribution in [0.2, 0.25) is 5.02 Å². The summed E-state index contributed by atoms with van der Waals surface area (Å²) in [6.45, 7) is 0. The lowest BCUT2D eigenvalue weighted by molar-refractivity contribution is -0.385. The van der Waals surface area contributed by atoms with Crippen molar-refractivity contribution in [2.75, 3.05) is 0 Å². The van der Waals surface area contributed by atoms with Gasteiger partial charge in [-0.1, -0.05) is 11.6 Å². The molecule has 0 saturated heterocycles. The number of thiol groups is 1. The lowest BCUT2D eigenvalue weighted by Gasteiger charge is -2.09. The van der Waals surface area contributed by atoms with Gasteiger partial charge in [-0.25, -0.2) is 0 Å². The van der Waals surface area contributed by atoms with E-state index >= 15 is 0 Å². The Morgan fingerprint density at radius 2 is 1.93 bits per heavy atom. The summed E-state index contributed by atoms with van der Waals surface area (Å²) in [6.07, 6.45) is -4.63.